The molecule has 2 aromatic rings. The fraction of sp³-hybridized carbons (Fsp3) is 0.429. The molecule has 0 radical (unpaired) electrons. The van der Waals surface area contributed by atoms with Crippen molar-refractivity contribution in [3.63, 3.8) is 0 Å². The Morgan fingerprint density at radius 1 is 1.45 bits per heavy atom. The van der Waals surface area contributed by atoms with E-state index in [0.717, 1.165) is 11.1 Å². The number of fused-ring (bicyclic) bond motifs is 1. The lowest BCUT2D eigenvalue weighted by atomic mass is 9.88. The number of hydrogen-bond acceptors (Lipinski definition) is 5. The van der Waals surface area contributed by atoms with Crippen LogP contribution in [-0.2, 0) is 15.9 Å². The van der Waals surface area contributed by atoms with Crippen LogP contribution in [0.3, 0.4) is 0 Å². The lowest BCUT2D eigenvalue weighted by Crippen LogP contribution is -2.37. The van der Waals surface area contributed by atoms with Crippen molar-refractivity contribution < 1.29 is 28.3 Å². The van der Waals surface area contributed by atoms with Gasteiger partial charge in [0.15, 0.2) is 16.5 Å². The quantitative estimate of drug-likeness (QED) is 0.232. The van der Waals surface area contributed by atoms with Crippen LogP contribution in [0.1, 0.15) is 37.6 Å². The second kappa shape index (κ2) is 9.16. The van der Waals surface area contributed by atoms with Gasteiger partial charge in [-0.3, -0.25) is 14.7 Å². The van der Waals surface area contributed by atoms with Crippen molar-refractivity contribution in [3.8, 4) is 23.7 Å². The first-order chi connectivity index (χ1) is 14.7. The Kier molecular flexibility index (Phi) is 6.77. The number of rotatable bonds is 6. The molecule has 0 bridgehead atoms. The predicted molar refractivity (Wildman–Crippen MR) is 111 cm³/mol. The number of nitrogens with zero attached hydrogens (tertiary/aromatic N) is 2. The maximum Gasteiger partial charge on any atom is 0.249 e. The van der Waals surface area contributed by atoms with Crippen molar-refractivity contribution in [2.75, 3.05) is 6.61 Å². The molecule has 1 amide bonds. The van der Waals surface area contributed by atoms with Gasteiger partial charge in [-0.2, -0.15) is 5.10 Å². The minimum Gasteiger partial charge on any atom is -0.396 e. The molecule has 31 heavy (non-hydrogen) atoms. The van der Waals surface area contributed by atoms with E-state index in [4.69, 9.17) is 10.3 Å². The second-order valence-electron chi connectivity index (χ2n) is 8.03. The average Bonchev–Trinajstić information content (AvgIpc) is 3.36. The van der Waals surface area contributed by atoms with E-state index in [-0.39, 0.29) is 41.3 Å². The summed E-state index contributed by atoms with van der Waals surface area (Å²) in [6.45, 7) is 3.10. The third kappa shape index (κ3) is 5.12. The van der Waals surface area contributed by atoms with Gasteiger partial charge >= 0.3 is 0 Å². The van der Waals surface area contributed by atoms with Crippen LogP contribution in [-0.4, -0.2) is 41.4 Å². The summed E-state index contributed by atoms with van der Waals surface area (Å²) < 4.78 is 37.7. The van der Waals surface area contributed by atoms with E-state index < -0.39 is 33.6 Å². The molecular weight excluding hydrogens is 425 g/mol. The van der Waals surface area contributed by atoms with Gasteiger partial charge in [-0.25, -0.2) is 14.1 Å². The van der Waals surface area contributed by atoms with E-state index in [1.165, 1.54) is 37.7 Å². The van der Waals surface area contributed by atoms with Gasteiger partial charge in [0.05, 0.1) is 16.5 Å². The van der Waals surface area contributed by atoms with Crippen molar-refractivity contribution in [1.82, 2.24) is 15.3 Å². The van der Waals surface area contributed by atoms with Crippen LogP contribution in [0.5, 0.6) is 0 Å². The predicted octanol–water partition coefficient (Wildman–Crippen LogP) is 1.80. The topological polar surface area (TPSA) is 125 Å². The Hall–Kier alpha value is -2.76. The summed E-state index contributed by atoms with van der Waals surface area (Å²) in [7, 11) is 0. The average molecular weight is 447 g/mol. The molecule has 1 aromatic carbocycles. The summed E-state index contributed by atoms with van der Waals surface area (Å²) in [5.41, 5.74) is 0.728. The molecule has 0 spiro atoms. The highest BCUT2D eigenvalue weighted by molar-refractivity contribution is 7.79. The molecule has 1 fully saturated rings. The monoisotopic (exact) mass is 447 g/mol. The Morgan fingerprint density at radius 3 is 2.81 bits per heavy atom. The normalized spacial score (nSPS) is 19.5. The summed E-state index contributed by atoms with van der Waals surface area (Å²) in [5.74, 6) is 9.84. The Bertz CT molecular complexity index is 1150. The second-order valence-corrected chi connectivity index (χ2v) is 9.13. The van der Waals surface area contributed by atoms with Crippen LogP contribution in [0, 0.1) is 46.7 Å². The van der Waals surface area contributed by atoms with Crippen molar-refractivity contribution in [2.45, 2.75) is 32.1 Å². The van der Waals surface area contributed by atoms with Crippen molar-refractivity contribution in [2.24, 2.45) is 17.3 Å². The maximum atomic E-state index is 14.9. The number of hydroxylamine groups is 1. The number of carbonyl (C=O) groups is 1. The molecule has 0 aliphatic heterocycles. The van der Waals surface area contributed by atoms with E-state index in [2.05, 4.69) is 28.8 Å². The summed E-state index contributed by atoms with van der Waals surface area (Å²) in [4.78, 5) is 11.8. The van der Waals surface area contributed by atoms with E-state index in [9.17, 15) is 17.9 Å². The number of hydrogen-bond donors (Lipinski definition) is 4. The van der Waals surface area contributed by atoms with Crippen LogP contribution < -0.4 is 5.48 Å². The van der Waals surface area contributed by atoms with Crippen molar-refractivity contribution in [1.29, 1.82) is 0 Å². The zero-order valence-corrected chi connectivity index (χ0v) is 17.7. The van der Waals surface area contributed by atoms with Crippen LogP contribution in [0.15, 0.2) is 18.3 Å². The maximum absolute atomic E-state index is 14.9. The zero-order chi connectivity index (χ0) is 22.8. The zero-order valence-electron chi connectivity index (χ0n) is 16.9. The molecule has 8 nitrogen and oxygen atoms in total. The van der Waals surface area contributed by atoms with Gasteiger partial charge in [0.1, 0.15) is 5.82 Å². The lowest BCUT2D eigenvalue weighted by molar-refractivity contribution is -0.138. The summed E-state index contributed by atoms with van der Waals surface area (Å²) in [5, 5.41) is 21.0. The van der Waals surface area contributed by atoms with E-state index >= 15 is 0 Å². The van der Waals surface area contributed by atoms with E-state index in [1.807, 2.05) is 0 Å². The van der Waals surface area contributed by atoms with Gasteiger partial charge in [0, 0.05) is 24.1 Å². The van der Waals surface area contributed by atoms with Crippen molar-refractivity contribution >= 4 is 27.9 Å². The lowest BCUT2D eigenvalue weighted by Gasteiger charge is -2.25. The molecule has 0 saturated heterocycles. The van der Waals surface area contributed by atoms with Crippen LogP contribution >= 0.6 is 0 Å². The summed E-state index contributed by atoms with van der Waals surface area (Å²) >= 11 is -2.41. The van der Waals surface area contributed by atoms with Gasteiger partial charge in [-0.1, -0.05) is 19.8 Å². The molecular formula is C21H22FN3O5S. The number of nitrogens with one attached hydrogen (secondary N) is 1. The molecule has 1 aliphatic rings. The molecule has 4 N–H and O–H groups in total. The number of aliphatic hydroxyl groups is 1. The molecule has 1 saturated carbocycles. The number of benzene rings is 1. The molecule has 3 rings (SSSR count). The van der Waals surface area contributed by atoms with Gasteiger partial charge in [0.2, 0.25) is 5.91 Å². The minimum absolute atomic E-state index is 0.101. The fourth-order valence-corrected chi connectivity index (χ4v) is 3.97. The third-order valence-corrected chi connectivity index (χ3v) is 6.09. The highest BCUT2D eigenvalue weighted by atomic mass is 32.2. The fourth-order valence-electron chi connectivity index (χ4n) is 3.11. The third-order valence-electron chi connectivity index (χ3n) is 5.24. The highest BCUT2D eigenvalue weighted by Crippen LogP contribution is 2.36. The molecule has 4 atom stereocenters. The SMILES string of the molecule is CC(C)(C[C@H](n1cc2c(F)c(C#CC#C[C@H]3C[C@@H]3CO)ccc2n1)S(=O)O)C(=O)NO. The smallest absolute Gasteiger partial charge is 0.249 e. The first-order valence-electron chi connectivity index (χ1n) is 9.52. The van der Waals surface area contributed by atoms with Crippen LogP contribution in [0.25, 0.3) is 10.9 Å². The van der Waals surface area contributed by atoms with Crippen LogP contribution in [0.2, 0.25) is 0 Å². The van der Waals surface area contributed by atoms with Gasteiger partial charge < -0.3 is 9.66 Å². The van der Waals surface area contributed by atoms with Gasteiger partial charge in [-0.05, 0) is 48.7 Å². The summed E-state index contributed by atoms with van der Waals surface area (Å²) in [6, 6.07) is 2.99. The van der Waals surface area contributed by atoms with Crippen LogP contribution in [0.4, 0.5) is 4.39 Å². The number of carbonyl (C=O) groups excluding carboxylic acids is 1. The molecule has 1 unspecified atom stereocenters. The molecule has 1 heterocycles. The van der Waals surface area contributed by atoms with Gasteiger partial charge in [-0.15, -0.1) is 0 Å². The first-order valence-corrected chi connectivity index (χ1v) is 10.7. The summed E-state index contributed by atoms with van der Waals surface area (Å²) in [6.07, 6.45) is 2.01. The van der Waals surface area contributed by atoms with Gasteiger partial charge in [0.25, 0.3) is 0 Å². The Labute approximate surface area is 181 Å². The Balaban J connectivity index is 1.87. The van der Waals surface area contributed by atoms with Crippen molar-refractivity contribution in [3.05, 3.63) is 29.7 Å². The first kappa shape index (κ1) is 22.9. The Morgan fingerprint density at radius 2 is 2.19 bits per heavy atom. The van der Waals surface area contributed by atoms with E-state index in [0.29, 0.717) is 0 Å². The molecule has 1 aromatic heterocycles. The standard InChI is InChI=1S/C21H22FN3O5S/c1-21(2,20(27)24-28)10-18(31(29)30)25-11-16-17(23-25)8-7-13(19(16)22)5-3-4-6-14-9-15(14)12-26/h7-8,11,14-15,18,26,28H,9-10,12H2,1-2H3,(H,24,27)(H,29,30)/t14-,15+,18+/m0/s1. The number of aliphatic hydroxyl groups excluding tert-OH is 1. The minimum atomic E-state index is -2.41. The molecule has 10 heteroatoms. The number of halogens is 1. The largest absolute Gasteiger partial charge is 0.396 e. The molecule has 1 aliphatic carbocycles. The highest BCUT2D eigenvalue weighted by Gasteiger charge is 2.35. The number of aromatic nitrogens is 2. The molecule has 164 valence electrons. The number of amides is 1. The van der Waals surface area contributed by atoms with E-state index in [1.54, 1.807) is 0 Å².